The van der Waals surface area contributed by atoms with Gasteiger partial charge in [-0.1, -0.05) is 23.2 Å². The molecule has 0 aromatic heterocycles. The van der Waals surface area contributed by atoms with E-state index in [0.717, 1.165) is 32.8 Å². The van der Waals surface area contributed by atoms with Gasteiger partial charge >= 0.3 is 0 Å². The minimum Gasteiger partial charge on any atom is -0.491 e. The summed E-state index contributed by atoms with van der Waals surface area (Å²) in [5.74, 6) is 0.218. The van der Waals surface area contributed by atoms with E-state index < -0.39 is 0 Å². The second kappa shape index (κ2) is 8.58. The fourth-order valence-electron chi connectivity index (χ4n) is 2.23. The van der Waals surface area contributed by atoms with Gasteiger partial charge in [0.1, 0.15) is 0 Å². The van der Waals surface area contributed by atoms with E-state index in [2.05, 4.69) is 10.2 Å². The molecule has 1 saturated heterocycles. The molecule has 0 atom stereocenters. The highest BCUT2D eigenvalue weighted by atomic mass is 35.5. The zero-order valence-corrected chi connectivity index (χ0v) is 14.0. The van der Waals surface area contributed by atoms with Crippen molar-refractivity contribution in [2.75, 3.05) is 46.0 Å². The zero-order valence-electron chi connectivity index (χ0n) is 12.5. The average molecular weight is 347 g/mol. The standard InChI is InChI=1S/C15H20Cl2N2O3/c1-2-22-14-12(16)9-11(10-13(14)17)15(20)18-3-4-19-5-7-21-8-6-19/h9-10H,2-8H2,1H3,(H,18,20). The Morgan fingerprint density at radius 2 is 1.95 bits per heavy atom. The monoisotopic (exact) mass is 346 g/mol. The third-order valence-electron chi connectivity index (χ3n) is 3.37. The van der Waals surface area contributed by atoms with Crippen molar-refractivity contribution in [3.8, 4) is 5.75 Å². The number of amides is 1. The van der Waals surface area contributed by atoms with Gasteiger partial charge in [-0.15, -0.1) is 0 Å². The first-order valence-corrected chi connectivity index (χ1v) is 8.07. The summed E-state index contributed by atoms with van der Waals surface area (Å²) in [5.41, 5.74) is 0.431. The number of carbonyl (C=O) groups excluding carboxylic acids is 1. The molecular formula is C15H20Cl2N2O3. The van der Waals surface area contributed by atoms with Crippen LogP contribution in [0, 0.1) is 0 Å². The van der Waals surface area contributed by atoms with E-state index >= 15 is 0 Å². The van der Waals surface area contributed by atoms with Crippen molar-refractivity contribution in [1.29, 1.82) is 0 Å². The van der Waals surface area contributed by atoms with Crippen LogP contribution in [0.4, 0.5) is 0 Å². The highest BCUT2D eigenvalue weighted by Crippen LogP contribution is 2.34. The van der Waals surface area contributed by atoms with Crippen molar-refractivity contribution in [1.82, 2.24) is 10.2 Å². The first kappa shape index (κ1) is 17.3. The van der Waals surface area contributed by atoms with Crippen molar-refractivity contribution in [3.05, 3.63) is 27.7 Å². The van der Waals surface area contributed by atoms with Crippen LogP contribution in [0.5, 0.6) is 5.75 Å². The van der Waals surface area contributed by atoms with E-state index in [1.54, 1.807) is 12.1 Å². The first-order chi connectivity index (χ1) is 10.6. The fourth-order valence-corrected chi connectivity index (χ4v) is 2.82. The number of morpholine rings is 1. The maximum Gasteiger partial charge on any atom is 0.251 e. The lowest BCUT2D eigenvalue weighted by Crippen LogP contribution is -2.41. The van der Waals surface area contributed by atoms with Crippen LogP contribution in [-0.2, 0) is 4.74 Å². The predicted molar refractivity (Wildman–Crippen MR) is 87.2 cm³/mol. The second-order valence-electron chi connectivity index (χ2n) is 4.91. The van der Waals surface area contributed by atoms with E-state index in [1.165, 1.54) is 0 Å². The van der Waals surface area contributed by atoms with Gasteiger partial charge in [-0.3, -0.25) is 9.69 Å². The number of hydrogen-bond donors (Lipinski definition) is 1. The topological polar surface area (TPSA) is 50.8 Å². The smallest absolute Gasteiger partial charge is 0.251 e. The number of nitrogens with one attached hydrogen (secondary N) is 1. The van der Waals surface area contributed by atoms with Crippen molar-refractivity contribution in [3.63, 3.8) is 0 Å². The number of halogens is 2. The Hall–Kier alpha value is -1.01. The number of benzene rings is 1. The van der Waals surface area contributed by atoms with Gasteiger partial charge in [-0.25, -0.2) is 0 Å². The van der Waals surface area contributed by atoms with Crippen LogP contribution in [0.3, 0.4) is 0 Å². The Kier molecular flexibility index (Phi) is 6.76. The average Bonchev–Trinajstić information content (AvgIpc) is 2.51. The molecule has 5 nitrogen and oxygen atoms in total. The van der Waals surface area contributed by atoms with E-state index in [1.807, 2.05) is 6.92 Å². The summed E-state index contributed by atoms with van der Waals surface area (Å²) in [7, 11) is 0. The number of rotatable bonds is 6. The Morgan fingerprint density at radius 1 is 1.32 bits per heavy atom. The zero-order chi connectivity index (χ0) is 15.9. The molecule has 1 amide bonds. The molecule has 2 rings (SSSR count). The summed E-state index contributed by atoms with van der Waals surface area (Å²) in [5, 5.41) is 3.55. The minimum absolute atomic E-state index is 0.194. The maximum atomic E-state index is 12.1. The van der Waals surface area contributed by atoms with Gasteiger partial charge in [0.25, 0.3) is 5.91 Å². The number of ether oxygens (including phenoxy) is 2. The summed E-state index contributed by atoms with van der Waals surface area (Å²) in [6, 6.07) is 3.14. The van der Waals surface area contributed by atoms with Gasteiger partial charge in [-0.2, -0.15) is 0 Å². The van der Waals surface area contributed by atoms with E-state index in [4.69, 9.17) is 32.7 Å². The molecule has 0 unspecified atom stereocenters. The highest BCUT2D eigenvalue weighted by Gasteiger charge is 2.15. The molecule has 1 aromatic rings. The van der Waals surface area contributed by atoms with E-state index in [9.17, 15) is 4.79 Å². The van der Waals surface area contributed by atoms with Crippen LogP contribution in [0.15, 0.2) is 12.1 Å². The van der Waals surface area contributed by atoms with Crippen molar-refractivity contribution >= 4 is 29.1 Å². The molecule has 122 valence electrons. The summed E-state index contributed by atoms with van der Waals surface area (Å²) in [6.45, 7) is 6.97. The van der Waals surface area contributed by atoms with E-state index in [0.29, 0.717) is 34.5 Å². The maximum absolute atomic E-state index is 12.1. The Labute approximate surface area is 140 Å². The molecule has 1 aromatic carbocycles. The highest BCUT2D eigenvalue weighted by molar-refractivity contribution is 6.37. The van der Waals surface area contributed by atoms with Gasteiger partial charge in [0.2, 0.25) is 0 Å². The van der Waals surface area contributed by atoms with Crippen LogP contribution in [-0.4, -0.2) is 56.8 Å². The first-order valence-electron chi connectivity index (χ1n) is 7.32. The van der Waals surface area contributed by atoms with Gasteiger partial charge < -0.3 is 14.8 Å². The normalized spacial score (nSPS) is 15.6. The van der Waals surface area contributed by atoms with Crippen LogP contribution < -0.4 is 10.1 Å². The summed E-state index contributed by atoms with van der Waals surface area (Å²) in [4.78, 5) is 14.4. The predicted octanol–water partition coefficient (Wildman–Crippen LogP) is 2.45. The quantitative estimate of drug-likeness (QED) is 0.859. The van der Waals surface area contributed by atoms with Crippen molar-refractivity contribution < 1.29 is 14.3 Å². The minimum atomic E-state index is -0.194. The number of nitrogens with zero attached hydrogens (tertiary/aromatic N) is 1. The summed E-state index contributed by atoms with van der Waals surface area (Å²) < 4.78 is 10.6. The lowest BCUT2D eigenvalue weighted by molar-refractivity contribution is 0.0383. The molecular weight excluding hydrogens is 327 g/mol. The lowest BCUT2D eigenvalue weighted by atomic mass is 10.2. The Morgan fingerprint density at radius 3 is 2.55 bits per heavy atom. The number of carbonyl (C=O) groups is 1. The van der Waals surface area contributed by atoms with Gasteiger partial charge in [-0.05, 0) is 19.1 Å². The van der Waals surface area contributed by atoms with Crippen molar-refractivity contribution in [2.24, 2.45) is 0 Å². The molecule has 0 aliphatic carbocycles. The van der Waals surface area contributed by atoms with Gasteiger partial charge in [0.05, 0.1) is 29.9 Å². The van der Waals surface area contributed by atoms with Crippen LogP contribution in [0.2, 0.25) is 10.0 Å². The molecule has 22 heavy (non-hydrogen) atoms. The molecule has 1 aliphatic rings. The molecule has 0 saturated carbocycles. The second-order valence-corrected chi connectivity index (χ2v) is 5.73. The van der Waals surface area contributed by atoms with E-state index in [-0.39, 0.29) is 5.91 Å². The third kappa shape index (κ3) is 4.74. The van der Waals surface area contributed by atoms with Crippen LogP contribution in [0.25, 0.3) is 0 Å². The lowest BCUT2D eigenvalue weighted by Gasteiger charge is -2.26. The summed E-state index contributed by atoms with van der Waals surface area (Å²) >= 11 is 12.2. The fraction of sp³-hybridized carbons (Fsp3) is 0.533. The SMILES string of the molecule is CCOc1c(Cl)cc(C(=O)NCCN2CCOCC2)cc1Cl. The number of hydrogen-bond acceptors (Lipinski definition) is 4. The van der Waals surface area contributed by atoms with Gasteiger partial charge in [0, 0.05) is 31.7 Å². The molecule has 1 heterocycles. The van der Waals surface area contributed by atoms with Crippen LogP contribution >= 0.6 is 23.2 Å². The molecule has 1 fully saturated rings. The van der Waals surface area contributed by atoms with Crippen LogP contribution in [0.1, 0.15) is 17.3 Å². The summed E-state index contributed by atoms with van der Waals surface area (Å²) in [6.07, 6.45) is 0. The molecule has 7 heteroatoms. The largest absolute Gasteiger partial charge is 0.491 e. The molecule has 1 aliphatic heterocycles. The van der Waals surface area contributed by atoms with Crippen molar-refractivity contribution in [2.45, 2.75) is 6.92 Å². The Bertz CT molecular complexity index is 497. The van der Waals surface area contributed by atoms with Gasteiger partial charge in [0.15, 0.2) is 5.75 Å². The third-order valence-corrected chi connectivity index (χ3v) is 3.93. The molecule has 0 radical (unpaired) electrons. The Balaban J connectivity index is 1.89. The molecule has 0 spiro atoms. The molecule has 1 N–H and O–H groups in total. The molecule has 0 bridgehead atoms.